The Morgan fingerprint density at radius 2 is 1.94 bits per heavy atom. The summed E-state index contributed by atoms with van der Waals surface area (Å²) in [7, 11) is 0. The zero-order valence-corrected chi connectivity index (χ0v) is 12.8. The summed E-state index contributed by atoms with van der Waals surface area (Å²) in [6, 6.07) is 10.2. The number of esters is 1. The maximum atomic E-state index is 11.7. The quantitative estimate of drug-likeness (QED) is 0.599. The van der Waals surface area contributed by atoms with Gasteiger partial charge in [0.1, 0.15) is 0 Å². The van der Waals surface area contributed by atoms with Crippen LogP contribution in [0.3, 0.4) is 0 Å². The molecule has 0 aliphatic carbocycles. The molecule has 0 aromatic heterocycles. The predicted octanol–water partition coefficient (Wildman–Crippen LogP) is 2.29. The fourth-order valence-corrected chi connectivity index (χ4v) is 2.34. The Morgan fingerprint density at radius 1 is 1.29 bits per heavy atom. The van der Waals surface area contributed by atoms with Crippen LogP contribution in [0.2, 0.25) is 0 Å². The standard InChI is InChI=1S/C14H18O2.Na/c1-10(2)13-9-16-14(15)12(13)8-11-6-4-3-5-7-11;/h3-7,10,12-13H,8-9H2,1-2H3;/t12-,13-;/m1./s1. The first-order valence-electron chi connectivity index (χ1n) is 5.89. The third-order valence-corrected chi connectivity index (χ3v) is 3.39. The summed E-state index contributed by atoms with van der Waals surface area (Å²) < 4.78 is 5.17. The summed E-state index contributed by atoms with van der Waals surface area (Å²) in [6.45, 7) is 4.91. The Hall–Kier alpha value is -0.310. The molecular weight excluding hydrogens is 223 g/mol. The zero-order chi connectivity index (χ0) is 11.5. The topological polar surface area (TPSA) is 26.3 Å². The van der Waals surface area contributed by atoms with Crippen molar-refractivity contribution in [1.82, 2.24) is 0 Å². The van der Waals surface area contributed by atoms with Gasteiger partial charge in [0.05, 0.1) is 12.5 Å². The number of benzene rings is 1. The molecule has 0 amide bonds. The van der Waals surface area contributed by atoms with E-state index >= 15 is 0 Å². The molecule has 0 saturated carbocycles. The number of carbonyl (C=O) groups excluding carboxylic acids is 1. The Balaban J connectivity index is 0.00000144. The molecule has 0 N–H and O–H groups in total. The Bertz CT molecular complexity index is 362. The van der Waals surface area contributed by atoms with E-state index in [0.29, 0.717) is 18.4 Å². The molecule has 1 heterocycles. The second-order valence-corrected chi connectivity index (χ2v) is 4.83. The Kier molecular flexibility index (Phi) is 5.71. The fourth-order valence-electron chi connectivity index (χ4n) is 2.34. The molecule has 1 aliphatic rings. The van der Waals surface area contributed by atoms with E-state index in [9.17, 15) is 4.79 Å². The number of rotatable bonds is 3. The summed E-state index contributed by atoms with van der Waals surface area (Å²) in [6.07, 6.45) is 0.808. The summed E-state index contributed by atoms with van der Waals surface area (Å²) in [5, 5.41) is 0. The van der Waals surface area contributed by atoms with Crippen molar-refractivity contribution in [3.05, 3.63) is 35.9 Å². The minimum Gasteiger partial charge on any atom is -0.465 e. The molecule has 0 bridgehead atoms. The molecule has 1 radical (unpaired) electrons. The van der Waals surface area contributed by atoms with Crippen LogP contribution in [0, 0.1) is 17.8 Å². The molecule has 1 aromatic rings. The number of ether oxygens (including phenoxy) is 1. The van der Waals surface area contributed by atoms with Crippen LogP contribution in [0.4, 0.5) is 0 Å². The van der Waals surface area contributed by atoms with Crippen molar-refractivity contribution in [1.29, 1.82) is 0 Å². The van der Waals surface area contributed by atoms with Crippen molar-refractivity contribution in [2.45, 2.75) is 20.3 Å². The molecule has 1 saturated heterocycles. The van der Waals surface area contributed by atoms with Crippen LogP contribution in [-0.4, -0.2) is 42.1 Å². The van der Waals surface area contributed by atoms with E-state index in [0.717, 1.165) is 6.42 Å². The van der Waals surface area contributed by atoms with E-state index in [4.69, 9.17) is 4.74 Å². The van der Waals surface area contributed by atoms with Crippen molar-refractivity contribution in [2.75, 3.05) is 6.61 Å². The van der Waals surface area contributed by atoms with Gasteiger partial charge in [0, 0.05) is 35.5 Å². The first-order valence-corrected chi connectivity index (χ1v) is 5.89. The van der Waals surface area contributed by atoms with Gasteiger partial charge in [-0.1, -0.05) is 44.2 Å². The maximum absolute atomic E-state index is 11.7. The van der Waals surface area contributed by atoms with Crippen molar-refractivity contribution in [3.63, 3.8) is 0 Å². The van der Waals surface area contributed by atoms with Gasteiger partial charge in [-0.05, 0) is 17.9 Å². The minimum absolute atomic E-state index is 0. The van der Waals surface area contributed by atoms with Crippen molar-refractivity contribution in [3.8, 4) is 0 Å². The molecule has 1 aromatic carbocycles. The summed E-state index contributed by atoms with van der Waals surface area (Å²) in [5.41, 5.74) is 1.22. The van der Waals surface area contributed by atoms with Crippen LogP contribution in [0.1, 0.15) is 19.4 Å². The van der Waals surface area contributed by atoms with Crippen LogP contribution in [0.15, 0.2) is 30.3 Å². The largest absolute Gasteiger partial charge is 0.465 e. The molecule has 87 valence electrons. The molecular formula is C14H18NaO2. The average molecular weight is 241 g/mol. The van der Waals surface area contributed by atoms with Crippen LogP contribution in [0.5, 0.6) is 0 Å². The van der Waals surface area contributed by atoms with Gasteiger partial charge in [0.15, 0.2) is 0 Å². The van der Waals surface area contributed by atoms with Crippen molar-refractivity contribution in [2.24, 2.45) is 17.8 Å². The van der Waals surface area contributed by atoms with E-state index in [1.807, 2.05) is 18.2 Å². The SMILES string of the molecule is CC(C)[C@H]1COC(=O)[C@@H]1Cc1ccccc1.[Na]. The first kappa shape index (κ1) is 14.7. The second kappa shape index (κ2) is 6.58. The van der Waals surface area contributed by atoms with E-state index in [2.05, 4.69) is 26.0 Å². The molecule has 2 atom stereocenters. The average Bonchev–Trinajstić information content (AvgIpc) is 2.62. The van der Waals surface area contributed by atoms with Gasteiger partial charge in [-0.3, -0.25) is 4.79 Å². The van der Waals surface area contributed by atoms with Gasteiger partial charge in [-0.2, -0.15) is 0 Å². The fraction of sp³-hybridized carbons (Fsp3) is 0.500. The van der Waals surface area contributed by atoms with E-state index in [-0.39, 0.29) is 41.4 Å². The van der Waals surface area contributed by atoms with E-state index < -0.39 is 0 Å². The third kappa shape index (κ3) is 3.57. The molecule has 1 fully saturated rings. The zero-order valence-electron chi connectivity index (χ0n) is 10.8. The molecule has 17 heavy (non-hydrogen) atoms. The predicted molar refractivity (Wildman–Crippen MR) is 68.7 cm³/mol. The molecule has 1 aliphatic heterocycles. The summed E-state index contributed by atoms with van der Waals surface area (Å²) in [4.78, 5) is 11.7. The monoisotopic (exact) mass is 241 g/mol. The van der Waals surface area contributed by atoms with Gasteiger partial charge in [0.2, 0.25) is 0 Å². The second-order valence-electron chi connectivity index (χ2n) is 4.83. The summed E-state index contributed by atoms with van der Waals surface area (Å²) in [5.74, 6) is 0.887. The molecule has 0 spiro atoms. The van der Waals surface area contributed by atoms with E-state index in [1.165, 1.54) is 5.56 Å². The number of carbonyl (C=O) groups is 1. The molecule has 2 rings (SSSR count). The third-order valence-electron chi connectivity index (χ3n) is 3.39. The van der Waals surface area contributed by atoms with Crippen molar-refractivity contribution < 1.29 is 9.53 Å². The number of cyclic esters (lactones) is 1. The minimum atomic E-state index is -0.0254. The van der Waals surface area contributed by atoms with Gasteiger partial charge in [0.25, 0.3) is 0 Å². The van der Waals surface area contributed by atoms with E-state index in [1.54, 1.807) is 0 Å². The van der Waals surface area contributed by atoms with Crippen LogP contribution >= 0.6 is 0 Å². The Morgan fingerprint density at radius 3 is 2.53 bits per heavy atom. The summed E-state index contributed by atoms with van der Waals surface area (Å²) >= 11 is 0. The van der Waals surface area contributed by atoms with Crippen LogP contribution < -0.4 is 0 Å². The first-order chi connectivity index (χ1) is 7.68. The normalized spacial score (nSPS) is 23.4. The van der Waals surface area contributed by atoms with Gasteiger partial charge in [-0.15, -0.1) is 0 Å². The number of hydrogen-bond donors (Lipinski definition) is 0. The van der Waals surface area contributed by atoms with Gasteiger partial charge >= 0.3 is 5.97 Å². The smallest absolute Gasteiger partial charge is 0.309 e. The maximum Gasteiger partial charge on any atom is 0.309 e. The molecule has 3 heteroatoms. The van der Waals surface area contributed by atoms with Crippen LogP contribution in [-0.2, 0) is 16.0 Å². The Labute approximate surface area is 125 Å². The van der Waals surface area contributed by atoms with Gasteiger partial charge < -0.3 is 4.74 Å². The van der Waals surface area contributed by atoms with Crippen molar-refractivity contribution >= 4 is 35.5 Å². The van der Waals surface area contributed by atoms with Gasteiger partial charge in [-0.25, -0.2) is 0 Å². The van der Waals surface area contributed by atoms with Crippen LogP contribution in [0.25, 0.3) is 0 Å². The molecule has 2 nitrogen and oxygen atoms in total. The molecule has 0 unspecified atom stereocenters. The number of hydrogen-bond acceptors (Lipinski definition) is 2.